The van der Waals surface area contributed by atoms with E-state index in [1.165, 1.54) is 7.11 Å². The second kappa shape index (κ2) is 11.8. The molecule has 0 saturated carbocycles. The van der Waals surface area contributed by atoms with Gasteiger partial charge in [-0.3, -0.25) is 9.59 Å². The second-order valence-corrected chi connectivity index (χ2v) is 8.81. The van der Waals surface area contributed by atoms with Crippen molar-refractivity contribution in [2.75, 3.05) is 26.9 Å². The van der Waals surface area contributed by atoms with Crippen molar-refractivity contribution in [3.63, 3.8) is 0 Å². The molecule has 1 unspecified atom stereocenters. The highest BCUT2D eigenvalue weighted by molar-refractivity contribution is 5.86. The second-order valence-electron chi connectivity index (χ2n) is 8.81. The van der Waals surface area contributed by atoms with Crippen molar-refractivity contribution in [2.45, 2.75) is 45.1 Å². The number of alkyl carbamates (subject to hydrolysis) is 1. The Morgan fingerprint density at radius 3 is 2.09 bits per heavy atom. The summed E-state index contributed by atoms with van der Waals surface area (Å²) in [4.78, 5) is 37.3. The lowest BCUT2D eigenvalue weighted by Gasteiger charge is -2.28. The molecule has 0 aromatic heterocycles. The molecule has 3 rings (SSSR count). The highest BCUT2D eigenvalue weighted by Gasteiger charge is 2.36. The van der Waals surface area contributed by atoms with Gasteiger partial charge >= 0.3 is 12.1 Å². The van der Waals surface area contributed by atoms with Crippen LogP contribution in [0.3, 0.4) is 0 Å². The fourth-order valence-corrected chi connectivity index (χ4v) is 4.54. The minimum atomic E-state index is -1.05. The molecule has 35 heavy (non-hydrogen) atoms. The average molecular weight is 483 g/mol. The smallest absolute Gasteiger partial charge is 0.407 e. The van der Waals surface area contributed by atoms with Crippen molar-refractivity contribution in [1.29, 1.82) is 0 Å². The van der Waals surface area contributed by atoms with Crippen LogP contribution in [0.2, 0.25) is 0 Å². The van der Waals surface area contributed by atoms with E-state index in [9.17, 15) is 19.5 Å². The highest BCUT2D eigenvalue weighted by atomic mass is 16.5. The number of carbonyl (C=O) groups is 3. The summed E-state index contributed by atoms with van der Waals surface area (Å²) in [5.74, 6) is -1.52. The number of rotatable bonds is 12. The van der Waals surface area contributed by atoms with Crippen LogP contribution in [0.4, 0.5) is 4.79 Å². The minimum absolute atomic E-state index is 0.0238. The fraction of sp³-hybridized carbons (Fsp3) is 0.444. The number of methoxy groups -OCH3 is 1. The monoisotopic (exact) mass is 482 g/mol. The van der Waals surface area contributed by atoms with Crippen LogP contribution in [0.15, 0.2) is 48.5 Å². The first kappa shape index (κ1) is 26.2. The van der Waals surface area contributed by atoms with Gasteiger partial charge in [0.2, 0.25) is 5.91 Å². The van der Waals surface area contributed by atoms with Gasteiger partial charge < -0.3 is 25.2 Å². The molecule has 1 aliphatic rings. The largest absolute Gasteiger partial charge is 0.481 e. The Hall–Kier alpha value is -3.39. The number of aliphatic carboxylic acids is 1. The number of fused-ring (bicyclic) bond motifs is 3. The first-order valence-electron chi connectivity index (χ1n) is 12.0. The van der Waals surface area contributed by atoms with Crippen LogP contribution in [-0.4, -0.2) is 56.0 Å². The summed E-state index contributed by atoms with van der Waals surface area (Å²) in [5.41, 5.74) is 3.40. The summed E-state index contributed by atoms with van der Waals surface area (Å²) < 4.78 is 10.6. The highest BCUT2D eigenvalue weighted by Crippen LogP contribution is 2.44. The van der Waals surface area contributed by atoms with Crippen molar-refractivity contribution in [3.05, 3.63) is 59.7 Å². The summed E-state index contributed by atoms with van der Waals surface area (Å²) in [6.45, 7) is 3.91. The molecule has 0 spiro atoms. The molecule has 3 N–H and O–H groups in total. The maximum absolute atomic E-state index is 12.8. The third kappa shape index (κ3) is 5.82. The molecule has 0 fully saturated rings. The molecule has 0 bridgehead atoms. The predicted octanol–water partition coefficient (Wildman–Crippen LogP) is 3.94. The quantitative estimate of drug-likeness (QED) is 0.422. The Morgan fingerprint density at radius 1 is 1.00 bits per heavy atom. The van der Waals surface area contributed by atoms with Gasteiger partial charge in [-0.2, -0.15) is 0 Å². The number of hydrogen-bond donors (Lipinski definition) is 3. The summed E-state index contributed by atoms with van der Waals surface area (Å²) in [7, 11) is 1.51. The van der Waals surface area contributed by atoms with E-state index in [4.69, 9.17) is 9.47 Å². The van der Waals surface area contributed by atoms with Crippen LogP contribution in [0, 0.1) is 5.41 Å². The maximum Gasteiger partial charge on any atom is 0.407 e. The Morgan fingerprint density at radius 2 is 1.57 bits per heavy atom. The SMILES string of the molecule is CCC(CC)(CNC(=O)C(CCOC)NC(=O)OCC1c2ccccc2-c2ccccc21)C(=O)O. The average Bonchev–Trinajstić information content (AvgIpc) is 3.19. The van der Waals surface area contributed by atoms with Gasteiger partial charge in [0, 0.05) is 32.6 Å². The zero-order chi connectivity index (χ0) is 25.4. The van der Waals surface area contributed by atoms with E-state index in [1.54, 1.807) is 13.8 Å². The molecule has 8 nitrogen and oxygen atoms in total. The summed E-state index contributed by atoms with van der Waals surface area (Å²) >= 11 is 0. The standard InChI is InChI=1S/C27H34N2O6/c1-4-27(5-2,25(31)32)17-28-24(30)23(14-15-34-3)29-26(33)35-16-22-20-12-8-6-10-18(20)19-11-7-9-13-21(19)22/h6-13,22-23H,4-5,14-17H2,1-3H3,(H,28,30)(H,29,33)(H,31,32). The van der Waals surface area contributed by atoms with Crippen LogP contribution in [-0.2, 0) is 19.1 Å². The van der Waals surface area contributed by atoms with Crippen molar-refractivity contribution in [3.8, 4) is 11.1 Å². The number of benzene rings is 2. The molecule has 0 radical (unpaired) electrons. The molecular weight excluding hydrogens is 448 g/mol. The Labute approximate surface area is 206 Å². The molecule has 188 valence electrons. The van der Waals surface area contributed by atoms with Gasteiger partial charge in [-0.25, -0.2) is 4.79 Å². The van der Waals surface area contributed by atoms with E-state index < -0.39 is 29.4 Å². The Bertz CT molecular complexity index is 1000. The molecular formula is C27H34N2O6. The maximum atomic E-state index is 12.8. The van der Waals surface area contributed by atoms with Gasteiger partial charge in [0.25, 0.3) is 0 Å². The Balaban J connectivity index is 1.64. The summed E-state index contributed by atoms with van der Waals surface area (Å²) in [6, 6.07) is 15.2. The van der Waals surface area contributed by atoms with Gasteiger partial charge in [0.05, 0.1) is 5.41 Å². The normalized spacial score (nSPS) is 13.5. The molecule has 0 saturated heterocycles. The third-order valence-corrected chi connectivity index (χ3v) is 6.97. The van der Waals surface area contributed by atoms with Crippen molar-refractivity contribution in [2.24, 2.45) is 5.41 Å². The van der Waals surface area contributed by atoms with Crippen molar-refractivity contribution < 1.29 is 29.0 Å². The zero-order valence-electron chi connectivity index (χ0n) is 20.5. The Kier molecular flexibility index (Phi) is 8.87. The molecule has 1 aliphatic carbocycles. The van der Waals surface area contributed by atoms with E-state index in [0.29, 0.717) is 12.8 Å². The molecule has 2 aromatic rings. The molecule has 8 heteroatoms. The first-order chi connectivity index (χ1) is 16.9. The van der Waals surface area contributed by atoms with Crippen molar-refractivity contribution >= 4 is 18.0 Å². The molecule has 0 heterocycles. The third-order valence-electron chi connectivity index (χ3n) is 6.97. The van der Waals surface area contributed by atoms with E-state index >= 15 is 0 Å². The molecule has 2 amide bonds. The topological polar surface area (TPSA) is 114 Å². The fourth-order valence-electron chi connectivity index (χ4n) is 4.54. The minimum Gasteiger partial charge on any atom is -0.481 e. The number of amides is 2. The number of hydrogen-bond acceptors (Lipinski definition) is 5. The lowest BCUT2D eigenvalue weighted by molar-refractivity contribution is -0.149. The lowest BCUT2D eigenvalue weighted by atomic mass is 9.82. The van der Waals surface area contributed by atoms with Crippen LogP contribution in [0.25, 0.3) is 11.1 Å². The van der Waals surface area contributed by atoms with Crippen LogP contribution in [0.5, 0.6) is 0 Å². The van der Waals surface area contributed by atoms with Crippen molar-refractivity contribution in [1.82, 2.24) is 10.6 Å². The summed E-state index contributed by atoms with van der Waals surface area (Å²) in [5, 5.41) is 14.9. The number of ether oxygens (including phenoxy) is 2. The first-order valence-corrected chi connectivity index (χ1v) is 12.0. The number of carboxylic acid groups (broad SMARTS) is 1. The predicted molar refractivity (Wildman–Crippen MR) is 132 cm³/mol. The molecule has 1 atom stereocenters. The summed E-state index contributed by atoms with van der Waals surface area (Å²) in [6.07, 6.45) is 0.271. The van der Waals surface area contributed by atoms with Gasteiger partial charge in [0.1, 0.15) is 12.6 Å². The van der Waals surface area contributed by atoms with E-state index in [-0.39, 0.29) is 32.1 Å². The van der Waals surface area contributed by atoms with Crippen LogP contribution < -0.4 is 10.6 Å². The molecule has 2 aromatic carbocycles. The number of carbonyl (C=O) groups excluding carboxylic acids is 2. The van der Waals surface area contributed by atoms with Gasteiger partial charge in [-0.15, -0.1) is 0 Å². The van der Waals surface area contributed by atoms with Gasteiger partial charge in [0.15, 0.2) is 0 Å². The number of carboxylic acids is 1. The number of nitrogens with one attached hydrogen (secondary N) is 2. The zero-order valence-corrected chi connectivity index (χ0v) is 20.5. The van der Waals surface area contributed by atoms with E-state index in [0.717, 1.165) is 22.3 Å². The lowest BCUT2D eigenvalue weighted by Crippen LogP contribution is -2.51. The van der Waals surface area contributed by atoms with Crippen LogP contribution in [0.1, 0.15) is 50.2 Å². The molecule has 0 aliphatic heterocycles. The van der Waals surface area contributed by atoms with E-state index in [2.05, 4.69) is 22.8 Å². The van der Waals surface area contributed by atoms with Gasteiger partial charge in [-0.05, 0) is 35.1 Å². The van der Waals surface area contributed by atoms with Crippen LogP contribution >= 0.6 is 0 Å². The van der Waals surface area contributed by atoms with E-state index in [1.807, 2.05) is 36.4 Å². The van der Waals surface area contributed by atoms with Gasteiger partial charge in [-0.1, -0.05) is 62.4 Å².